The molecule has 0 saturated carbocycles. The van der Waals surface area contributed by atoms with E-state index in [0.717, 1.165) is 5.56 Å². The van der Waals surface area contributed by atoms with E-state index in [-0.39, 0.29) is 11.5 Å². The van der Waals surface area contributed by atoms with Crippen LogP contribution < -0.4 is 10.1 Å². The normalized spacial score (nSPS) is 11.2. The van der Waals surface area contributed by atoms with Crippen molar-refractivity contribution in [3.63, 3.8) is 0 Å². The molecule has 1 aromatic carbocycles. The fourth-order valence-corrected chi connectivity index (χ4v) is 2.11. The number of pyridine rings is 1. The second-order valence-electron chi connectivity index (χ2n) is 6.50. The minimum absolute atomic E-state index is 0.190. The molecule has 0 radical (unpaired) electrons. The summed E-state index contributed by atoms with van der Waals surface area (Å²) < 4.78 is 11.1. The molecule has 0 saturated heterocycles. The molecule has 0 aliphatic carbocycles. The molecule has 0 spiro atoms. The number of rotatable bonds is 7. The maximum atomic E-state index is 12.1. The fourth-order valence-electron chi connectivity index (χ4n) is 1.98. The van der Waals surface area contributed by atoms with Crippen LogP contribution in [0.1, 0.15) is 36.7 Å². The molecule has 1 aromatic heterocycles. The summed E-state index contributed by atoms with van der Waals surface area (Å²) in [4.78, 5) is 16.3. The Bertz CT molecular complexity index is 679. The number of amides is 1. The summed E-state index contributed by atoms with van der Waals surface area (Å²) in [7, 11) is 0. The van der Waals surface area contributed by atoms with Gasteiger partial charge in [0.15, 0.2) is 0 Å². The zero-order chi connectivity index (χ0) is 18.3. The van der Waals surface area contributed by atoms with E-state index in [4.69, 9.17) is 21.1 Å². The number of halogens is 1. The van der Waals surface area contributed by atoms with Crippen LogP contribution >= 0.6 is 11.6 Å². The smallest absolute Gasteiger partial charge is 0.253 e. The van der Waals surface area contributed by atoms with Gasteiger partial charge in [0, 0.05) is 23.8 Å². The maximum Gasteiger partial charge on any atom is 0.253 e. The monoisotopic (exact) mass is 362 g/mol. The summed E-state index contributed by atoms with van der Waals surface area (Å²) in [5.74, 6) is 0.275. The van der Waals surface area contributed by atoms with E-state index >= 15 is 0 Å². The van der Waals surface area contributed by atoms with Crippen molar-refractivity contribution in [2.75, 3.05) is 13.2 Å². The standard InChI is InChI=1S/C19H23ClN2O3/c1-19(2,3)25-11-10-24-17-9-6-15(13-21-17)18(23)22-12-14-4-7-16(20)8-5-14/h4-9,13H,10-12H2,1-3H3,(H,22,23). The number of carbonyl (C=O) groups excluding carboxylic acids is 1. The van der Waals surface area contributed by atoms with Crippen molar-refractivity contribution < 1.29 is 14.3 Å². The van der Waals surface area contributed by atoms with Crippen LogP contribution in [0.3, 0.4) is 0 Å². The third-order valence-corrected chi connectivity index (χ3v) is 3.49. The molecule has 0 atom stereocenters. The Hall–Kier alpha value is -2.11. The Morgan fingerprint density at radius 1 is 1.12 bits per heavy atom. The lowest BCUT2D eigenvalue weighted by Crippen LogP contribution is -2.23. The van der Waals surface area contributed by atoms with Gasteiger partial charge in [-0.15, -0.1) is 0 Å². The van der Waals surface area contributed by atoms with E-state index < -0.39 is 0 Å². The molecule has 1 N–H and O–H groups in total. The van der Waals surface area contributed by atoms with Gasteiger partial charge in [-0.25, -0.2) is 4.98 Å². The first-order chi connectivity index (χ1) is 11.8. The lowest BCUT2D eigenvalue weighted by Gasteiger charge is -2.19. The molecule has 0 unspecified atom stereocenters. The highest BCUT2D eigenvalue weighted by molar-refractivity contribution is 6.30. The lowest BCUT2D eigenvalue weighted by molar-refractivity contribution is -0.0168. The van der Waals surface area contributed by atoms with E-state index in [1.807, 2.05) is 32.9 Å². The second-order valence-corrected chi connectivity index (χ2v) is 6.94. The van der Waals surface area contributed by atoms with Crippen molar-refractivity contribution in [3.8, 4) is 5.88 Å². The van der Waals surface area contributed by atoms with E-state index in [1.165, 1.54) is 6.20 Å². The van der Waals surface area contributed by atoms with Crippen LogP contribution in [0.5, 0.6) is 5.88 Å². The summed E-state index contributed by atoms with van der Waals surface area (Å²) >= 11 is 5.84. The average Bonchev–Trinajstić information content (AvgIpc) is 2.58. The summed E-state index contributed by atoms with van der Waals surface area (Å²) in [6.45, 7) is 7.29. The molecule has 25 heavy (non-hydrogen) atoms. The van der Waals surface area contributed by atoms with Crippen LogP contribution in [0.2, 0.25) is 5.02 Å². The van der Waals surface area contributed by atoms with Gasteiger partial charge in [0.25, 0.3) is 5.91 Å². The summed E-state index contributed by atoms with van der Waals surface area (Å²) in [6.07, 6.45) is 1.50. The first-order valence-corrected chi connectivity index (χ1v) is 8.47. The maximum absolute atomic E-state index is 12.1. The van der Waals surface area contributed by atoms with E-state index in [0.29, 0.717) is 36.2 Å². The molecule has 0 aliphatic heterocycles. The van der Waals surface area contributed by atoms with Gasteiger partial charge in [0.2, 0.25) is 5.88 Å². The number of nitrogens with zero attached hydrogens (tertiary/aromatic N) is 1. The van der Waals surface area contributed by atoms with Gasteiger partial charge in [-0.1, -0.05) is 23.7 Å². The molecular formula is C19H23ClN2O3. The predicted octanol–water partition coefficient (Wildman–Crippen LogP) is 3.86. The van der Waals surface area contributed by atoms with E-state index in [9.17, 15) is 4.79 Å². The Morgan fingerprint density at radius 3 is 2.44 bits per heavy atom. The van der Waals surface area contributed by atoms with Crippen molar-refractivity contribution in [1.29, 1.82) is 0 Å². The van der Waals surface area contributed by atoms with Crippen LogP contribution in [0.4, 0.5) is 0 Å². The fraction of sp³-hybridized carbons (Fsp3) is 0.368. The van der Waals surface area contributed by atoms with Crippen LogP contribution in [0.15, 0.2) is 42.6 Å². The quantitative estimate of drug-likeness (QED) is 0.760. The lowest BCUT2D eigenvalue weighted by atomic mass is 10.2. The first-order valence-electron chi connectivity index (χ1n) is 8.09. The number of carbonyl (C=O) groups is 1. The number of benzene rings is 1. The van der Waals surface area contributed by atoms with Gasteiger partial charge in [-0.2, -0.15) is 0 Å². The van der Waals surface area contributed by atoms with Crippen LogP contribution in [-0.2, 0) is 11.3 Å². The zero-order valence-electron chi connectivity index (χ0n) is 14.7. The Labute approximate surface area is 153 Å². The predicted molar refractivity (Wildman–Crippen MR) is 98.1 cm³/mol. The summed E-state index contributed by atoms with van der Waals surface area (Å²) in [6, 6.07) is 10.7. The Morgan fingerprint density at radius 2 is 1.84 bits per heavy atom. The molecule has 2 rings (SSSR count). The van der Waals surface area contributed by atoms with Crippen LogP contribution in [0.25, 0.3) is 0 Å². The number of ether oxygens (including phenoxy) is 2. The minimum atomic E-state index is -0.192. The van der Waals surface area contributed by atoms with Gasteiger partial charge in [0.05, 0.1) is 17.8 Å². The highest BCUT2D eigenvalue weighted by Crippen LogP contribution is 2.11. The van der Waals surface area contributed by atoms with Gasteiger partial charge in [-0.05, 0) is 44.5 Å². The Balaban J connectivity index is 1.78. The second kappa shape index (κ2) is 8.83. The SMILES string of the molecule is CC(C)(C)OCCOc1ccc(C(=O)NCc2ccc(Cl)cc2)cn1. The topological polar surface area (TPSA) is 60.5 Å². The highest BCUT2D eigenvalue weighted by atomic mass is 35.5. The van der Waals surface area contributed by atoms with Crippen molar-refractivity contribution in [3.05, 3.63) is 58.7 Å². The molecule has 1 heterocycles. The summed E-state index contributed by atoms with van der Waals surface area (Å²) in [5, 5.41) is 3.51. The number of hydrogen-bond donors (Lipinski definition) is 1. The molecule has 0 aliphatic rings. The van der Waals surface area contributed by atoms with Crippen molar-refractivity contribution in [2.24, 2.45) is 0 Å². The van der Waals surface area contributed by atoms with E-state index in [2.05, 4.69) is 10.3 Å². The third-order valence-electron chi connectivity index (χ3n) is 3.23. The molecule has 134 valence electrons. The summed E-state index contributed by atoms with van der Waals surface area (Å²) in [5.41, 5.74) is 1.26. The highest BCUT2D eigenvalue weighted by Gasteiger charge is 2.10. The van der Waals surface area contributed by atoms with Crippen molar-refractivity contribution >= 4 is 17.5 Å². The third kappa shape index (κ3) is 7.11. The first kappa shape index (κ1) is 19.2. The largest absolute Gasteiger partial charge is 0.475 e. The number of nitrogens with one attached hydrogen (secondary N) is 1. The molecular weight excluding hydrogens is 340 g/mol. The molecule has 0 fully saturated rings. The van der Waals surface area contributed by atoms with Gasteiger partial charge in [-0.3, -0.25) is 4.79 Å². The molecule has 1 amide bonds. The zero-order valence-corrected chi connectivity index (χ0v) is 15.5. The molecule has 5 nitrogen and oxygen atoms in total. The van der Waals surface area contributed by atoms with Crippen molar-refractivity contribution in [1.82, 2.24) is 10.3 Å². The minimum Gasteiger partial charge on any atom is -0.475 e. The molecule has 2 aromatic rings. The number of hydrogen-bond acceptors (Lipinski definition) is 4. The van der Waals surface area contributed by atoms with Crippen LogP contribution in [-0.4, -0.2) is 29.7 Å². The molecule has 6 heteroatoms. The average molecular weight is 363 g/mol. The Kier molecular flexibility index (Phi) is 6.79. The van der Waals surface area contributed by atoms with Crippen molar-refractivity contribution in [2.45, 2.75) is 32.9 Å². The van der Waals surface area contributed by atoms with Gasteiger partial charge >= 0.3 is 0 Å². The number of aromatic nitrogens is 1. The van der Waals surface area contributed by atoms with Gasteiger partial charge in [0.1, 0.15) is 6.61 Å². The van der Waals surface area contributed by atoms with Gasteiger partial charge < -0.3 is 14.8 Å². The van der Waals surface area contributed by atoms with E-state index in [1.54, 1.807) is 24.3 Å². The molecule has 0 bridgehead atoms. The van der Waals surface area contributed by atoms with Crippen LogP contribution in [0, 0.1) is 0 Å².